The van der Waals surface area contributed by atoms with Crippen LogP contribution >= 0.6 is 0 Å². The summed E-state index contributed by atoms with van der Waals surface area (Å²) in [6.07, 6.45) is 1.61. The Labute approximate surface area is 228 Å². The minimum Gasteiger partial charge on any atom is -0.462 e. The molecular weight excluding hydrogens is 516 g/mol. The molecular formula is C29H34N4O5S. The third-order valence-corrected chi connectivity index (χ3v) is 7.87. The molecule has 0 fully saturated rings. The zero-order chi connectivity index (χ0) is 28.0. The van der Waals surface area contributed by atoms with Crippen molar-refractivity contribution in [1.29, 1.82) is 0 Å². The lowest BCUT2D eigenvalue weighted by molar-refractivity contribution is 0.0528. The number of nitrogens with one attached hydrogen (secondary N) is 2. The monoisotopic (exact) mass is 550 g/mol. The molecule has 0 aliphatic carbocycles. The lowest BCUT2D eigenvalue weighted by Gasteiger charge is -2.28. The number of β-amino-alcohol motifs (C(OH)–C–C–N with tert-alkyl or cyclic N) is 1. The van der Waals surface area contributed by atoms with Crippen molar-refractivity contribution >= 4 is 32.7 Å². The number of aliphatic hydroxyl groups is 1. The van der Waals surface area contributed by atoms with Gasteiger partial charge in [0.2, 0.25) is 0 Å². The van der Waals surface area contributed by atoms with E-state index < -0.39 is 16.1 Å². The van der Waals surface area contributed by atoms with Gasteiger partial charge in [0, 0.05) is 24.3 Å². The standard InChI is InChI=1S/C29H34N4O5S/c1-4-38-28(35)24-14-9-15-25-27(24)30-20-33(25)17-16-29(2,3)31-19-26(34)21-10-8-11-22(18-21)32-39(36,37)23-12-6-5-7-13-23/h5-15,18,20,26,31-32,34H,4,16-17,19H2,1-3H3. The Kier molecular flexibility index (Phi) is 8.69. The van der Waals surface area contributed by atoms with Gasteiger partial charge in [-0.25, -0.2) is 18.2 Å². The maximum Gasteiger partial charge on any atom is 0.340 e. The predicted molar refractivity (Wildman–Crippen MR) is 151 cm³/mol. The maximum atomic E-state index is 12.7. The predicted octanol–water partition coefficient (Wildman–Crippen LogP) is 4.51. The first-order valence-electron chi connectivity index (χ1n) is 12.8. The van der Waals surface area contributed by atoms with E-state index in [1.54, 1.807) is 61.8 Å². The SMILES string of the molecule is CCOC(=O)c1cccc2c1ncn2CCC(C)(C)NCC(O)c1cccc(NS(=O)(=O)c2ccccc2)c1. The summed E-state index contributed by atoms with van der Waals surface area (Å²) in [5, 5.41) is 14.3. The maximum absolute atomic E-state index is 12.7. The van der Waals surface area contributed by atoms with Gasteiger partial charge in [-0.1, -0.05) is 36.4 Å². The van der Waals surface area contributed by atoms with Gasteiger partial charge in [-0.15, -0.1) is 0 Å². The molecule has 0 saturated heterocycles. The minimum absolute atomic E-state index is 0.169. The van der Waals surface area contributed by atoms with Gasteiger partial charge in [0.1, 0.15) is 5.52 Å². The topological polar surface area (TPSA) is 123 Å². The Morgan fingerprint density at radius 2 is 1.82 bits per heavy atom. The molecule has 3 N–H and O–H groups in total. The lowest BCUT2D eigenvalue weighted by Crippen LogP contribution is -2.42. The van der Waals surface area contributed by atoms with Gasteiger partial charge in [-0.2, -0.15) is 0 Å². The molecule has 0 radical (unpaired) electrons. The van der Waals surface area contributed by atoms with E-state index in [1.807, 2.05) is 30.5 Å². The smallest absolute Gasteiger partial charge is 0.340 e. The molecule has 0 amide bonds. The number of esters is 1. The number of benzene rings is 3. The first kappa shape index (κ1) is 28.3. The normalized spacial score (nSPS) is 12.8. The summed E-state index contributed by atoms with van der Waals surface area (Å²) in [6, 6.07) is 20.4. The summed E-state index contributed by atoms with van der Waals surface area (Å²) >= 11 is 0. The molecule has 0 spiro atoms. The molecule has 1 aromatic heterocycles. The Balaban J connectivity index is 1.36. The summed E-state index contributed by atoms with van der Waals surface area (Å²) in [4.78, 5) is 16.9. The number of anilines is 1. The number of aryl methyl sites for hydroxylation is 1. The summed E-state index contributed by atoms with van der Waals surface area (Å²) in [7, 11) is -3.73. The van der Waals surface area contributed by atoms with Crippen LogP contribution in [0.2, 0.25) is 0 Å². The van der Waals surface area contributed by atoms with E-state index in [1.165, 1.54) is 12.1 Å². The average molecular weight is 551 g/mol. The van der Waals surface area contributed by atoms with Crippen molar-refractivity contribution in [2.24, 2.45) is 0 Å². The molecule has 4 rings (SSSR count). The summed E-state index contributed by atoms with van der Waals surface area (Å²) in [5.41, 5.74) is 2.55. The number of sulfonamides is 1. The number of imidazole rings is 1. The number of hydrogen-bond acceptors (Lipinski definition) is 7. The van der Waals surface area contributed by atoms with E-state index in [2.05, 4.69) is 15.0 Å². The molecule has 4 aromatic rings. The quantitative estimate of drug-likeness (QED) is 0.222. The molecule has 0 aliphatic heterocycles. The van der Waals surface area contributed by atoms with Crippen molar-refractivity contribution in [3.8, 4) is 0 Å². The van der Waals surface area contributed by atoms with Gasteiger partial charge in [0.15, 0.2) is 0 Å². The highest BCUT2D eigenvalue weighted by molar-refractivity contribution is 7.92. The summed E-state index contributed by atoms with van der Waals surface area (Å²) < 4.78 is 35.0. The summed E-state index contributed by atoms with van der Waals surface area (Å²) in [6.45, 7) is 7.09. The Bertz CT molecular complexity index is 1530. The highest BCUT2D eigenvalue weighted by atomic mass is 32.2. The van der Waals surface area contributed by atoms with Crippen molar-refractivity contribution in [2.75, 3.05) is 17.9 Å². The Morgan fingerprint density at radius 1 is 1.08 bits per heavy atom. The Morgan fingerprint density at radius 3 is 2.56 bits per heavy atom. The average Bonchev–Trinajstić information content (AvgIpc) is 3.34. The fourth-order valence-corrected chi connectivity index (χ4v) is 5.31. The molecule has 10 heteroatoms. The first-order valence-corrected chi connectivity index (χ1v) is 14.3. The number of para-hydroxylation sites is 1. The van der Waals surface area contributed by atoms with E-state index in [4.69, 9.17) is 4.74 Å². The molecule has 206 valence electrons. The van der Waals surface area contributed by atoms with Crippen molar-refractivity contribution in [2.45, 2.75) is 50.3 Å². The van der Waals surface area contributed by atoms with E-state index in [9.17, 15) is 18.3 Å². The number of hydrogen-bond donors (Lipinski definition) is 3. The van der Waals surface area contributed by atoms with E-state index in [-0.39, 0.29) is 22.9 Å². The van der Waals surface area contributed by atoms with Crippen LogP contribution in [0.25, 0.3) is 11.0 Å². The summed E-state index contributed by atoms with van der Waals surface area (Å²) in [5.74, 6) is -0.388. The molecule has 9 nitrogen and oxygen atoms in total. The van der Waals surface area contributed by atoms with Crippen molar-refractivity contribution in [3.05, 3.63) is 90.3 Å². The molecule has 1 heterocycles. The van der Waals surface area contributed by atoms with Gasteiger partial charge in [0.25, 0.3) is 10.0 Å². The number of aliphatic hydroxyl groups excluding tert-OH is 1. The minimum atomic E-state index is -3.73. The highest BCUT2D eigenvalue weighted by Crippen LogP contribution is 2.23. The van der Waals surface area contributed by atoms with Crippen molar-refractivity contribution in [3.63, 3.8) is 0 Å². The zero-order valence-electron chi connectivity index (χ0n) is 22.3. The van der Waals surface area contributed by atoms with Gasteiger partial charge < -0.3 is 19.7 Å². The second-order valence-electron chi connectivity index (χ2n) is 9.91. The van der Waals surface area contributed by atoms with Gasteiger partial charge in [0.05, 0.1) is 35.0 Å². The van der Waals surface area contributed by atoms with Crippen molar-refractivity contribution in [1.82, 2.24) is 14.9 Å². The number of carbonyl (C=O) groups excluding carboxylic acids is 1. The third-order valence-electron chi connectivity index (χ3n) is 6.47. The highest BCUT2D eigenvalue weighted by Gasteiger charge is 2.21. The van der Waals surface area contributed by atoms with Gasteiger partial charge >= 0.3 is 5.97 Å². The number of fused-ring (bicyclic) bond motifs is 1. The molecule has 0 bridgehead atoms. The lowest BCUT2D eigenvalue weighted by atomic mass is 9.99. The van der Waals surface area contributed by atoms with E-state index in [0.717, 1.165) is 11.9 Å². The Hall–Kier alpha value is -3.73. The third kappa shape index (κ3) is 7.03. The van der Waals surface area contributed by atoms with Crippen LogP contribution in [0.15, 0.2) is 84.0 Å². The molecule has 3 aromatic carbocycles. The van der Waals surface area contributed by atoms with Crippen molar-refractivity contribution < 1.29 is 23.1 Å². The van der Waals surface area contributed by atoms with Crippen LogP contribution in [0, 0.1) is 0 Å². The fourth-order valence-electron chi connectivity index (χ4n) is 4.24. The largest absolute Gasteiger partial charge is 0.462 e. The van der Waals surface area contributed by atoms with Crippen LogP contribution in [0.5, 0.6) is 0 Å². The number of aromatic nitrogens is 2. The molecule has 0 aliphatic rings. The fraction of sp³-hybridized carbons (Fsp3) is 0.310. The van der Waals surface area contributed by atoms with Crippen LogP contribution in [0.4, 0.5) is 5.69 Å². The van der Waals surface area contributed by atoms with Gasteiger partial charge in [-0.3, -0.25) is 4.72 Å². The number of ether oxygens (including phenoxy) is 1. The van der Waals surface area contributed by atoms with Crippen LogP contribution in [-0.2, 0) is 21.3 Å². The van der Waals surface area contributed by atoms with E-state index in [0.29, 0.717) is 35.5 Å². The number of nitrogens with zero attached hydrogens (tertiary/aromatic N) is 2. The zero-order valence-corrected chi connectivity index (χ0v) is 23.1. The number of carbonyl (C=O) groups is 1. The number of rotatable bonds is 12. The molecule has 0 saturated carbocycles. The van der Waals surface area contributed by atoms with E-state index >= 15 is 0 Å². The van der Waals surface area contributed by atoms with Gasteiger partial charge in [-0.05, 0) is 69.2 Å². The van der Waals surface area contributed by atoms with Crippen LogP contribution in [0.3, 0.4) is 0 Å². The van der Waals surface area contributed by atoms with Crippen LogP contribution in [0.1, 0.15) is 49.2 Å². The van der Waals surface area contributed by atoms with Crippen LogP contribution < -0.4 is 10.0 Å². The van der Waals surface area contributed by atoms with Crippen LogP contribution in [-0.4, -0.2) is 47.7 Å². The second kappa shape index (κ2) is 12.0. The molecule has 1 unspecified atom stereocenters. The second-order valence-corrected chi connectivity index (χ2v) is 11.6. The first-order chi connectivity index (χ1) is 18.6. The molecule has 39 heavy (non-hydrogen) atoms. The molecule has 1 atom stereocenters.